The SMILES string of the molecule is CCCCCCCCCN(CC(C)(C)C)C(=O)NC1CCCCC1O. The number of aliphatic hydroxyl groups excluding tert-OH is 1. The Morgan fingerprint density at radius 3 is 2.24 bits per heavy atom. The summed E-state index contributed by atoms with van der Waals surface area (Å²) in [6.07, 6.45) is 12.3. The lowest BCUT2D eigenvalue weighted by Gasteiger charge is -2.34. The van der Waals surface area contributed by atoms with E-state index in [0.29, 0.717) is 0 Å². The number of nitrogens with zero attached hydrogens (tertiary/aromatic N) is 1. The number of hydrogen-bond donors (Lipinski definition) is 2. The van der Waals surface area contributed by atoms with Gasteiger partial charge in [0.1, 0.15) is 0 Å². The number of carbonyl (C=O) groups is 1. The molecule has 148 valence electrons. The number of unbranched alkanes of at least 4 members (excludes halogenated alkanes) is 6. The minimum Gasteiger partial charge on any atom is -0.391 e. The van der Waals surface area contributed by atoms with Crippen molar-refractivity contribution in [1.82, 2.24) is 10.2 Å². The molecule has 1 aliphatic carbocycles. The zero-order valence-electron chi connectivity index (χ0n) is 17.1. The van der Waals surface area contributed by atoms with Crippen LogP contribution in [0.2, 0.25) is 0 Å². The standard InChI is InChI=1S/C21H42N2O2/c1-5-6-7-8-9-10-13-16-23(17-21(2,3)4)20(25)22-18-14-11-12-15-19(18)24/h18-19,24H,5-17H2,1-4H3,(H,22,25). The lowest BCUT2D eigenvalue weighted by molar-refractivity contribution is 0.0877. The van der Waals surface area contributed by atoms with E-state index in [0.717, 1.165) is 45.2 Å². The smallest absolute Gasteiger partial charge is 0.317 e. The molecule has 1 saturated carbocycles. The van der Waals surface area contributed by atoms with Crippen molar-refractivity contribution >= 4 is 6.03 Å². The van der Waals surface area contributed by atoms with Gasteiger partial charge in [0.2, 0.25) is 0 Å². The van der Waals surface area contributed by atoms with Crippen molar-refractivity contribution in [3.63, 3.8) is 0 Å². The molecule has 0 saturated heterocycles. The van der Waals surface area contributed by atoms with E-state index in [2.05, 4.69) is 33.0 Å². The van der Waals surface area contributed by atoms with Gasteiger partial charge in [-0.15, -0.1) is 0 Å². The minimum atomic E-state index is -0.382. The van der Waals surface area contributed by atoms with Crippen LogP contribution in [0.1, 0.15) is 98.3 Å². The molecule has 0 heterocycles. The monoisotopic (exact) mass is 354 g/mol. The maximum absolute atomic E-state index is 12.7. The lowest BCUT2D eigenvalue weighted by Crippen LogP contribution is -2.52. The highest BCUT2D eigenvalue weighted by molar-refractivity contribution is 5.74. The average Bonchev–Trinajstić information content (AvgIpc) is 2.54. The van der Waals surface area contributed by atoms with Crippen molar-refractivity contribution in [3.8, 4) is 0 Å². The van der Waals surface area contributed by atoms with E-state index in [4.69, 9.17) is 0 Å². The van der Waals surface area contributed by atoms with Crippen LogP contribution in [0, 0.1) is 5.41 Å². The third kappa shape index (κ3) is 10.1. The molecule has 0 radical (unpaired) electrons. The molecule has 0 bridgehead atoms. The van der Waals surface area contributed by atoms with Gasteiger partial charge in [-0.2, -0.15) is 0 Å². The highest BCUT2D eigenvalue weighted by Gasteiger charge is 2.27. The topological polar surface area (TPSA) is 52.6 Å². The fourth-order valence-electron chi connectivity index (χ4n) is 3.61. The van der Waals surface area contributed by atoms with Crippen LogP contribution >= 0.6 is 0 Å². The third-order valence-corrected chi connectivity index (χ3v) is 5.02. The maximum atomic E-state index is 12.7. The lowest BCUT2D eigenvalue weighted by atomic mass is 9.92. The van der Waals surface area contributed by atoms with E-state index in [1.165, 1.54) is 38.5 Å². The van der Waals surface area contributed by atoms with Crippen molar-refractivity contribution < 1.29 is 9.90 Å². The van der Waals surface area contributed by atoms with Gasteiger partial charge in [0, 0.05) is 13.1 Å². The molecule has 2 unspecified atom stereocenters. The number of amides is 2. The van der Waals surface area contributed by atoms with Crippen molar-refractivity contribution in [2.45, 2.75) is 110 Å². The predicted octanol–water partition coefficient (Wildman–Crippen LogP) is 5.10. The average molecular weight is 355 g/mol. The van der Waals surface area contributed by atoms with Gasteiger partial charge in [0.05, 0.1) is 12.1 Å². The summed E-state index contributed by atoms with van der Waals surface area (Å²) >= 11 is 0. The van der Waals surface area contributed by atoms with Crippen LogP contribution in [0.25, 0.3) is 0 Å². The highest BCUT2D eigenvalue weighted by Crippen LogP contribution is 2.20. The highest BCUT2D eigenvalue weighted by atomic mass is 16.3. The molecule has 2 N–H and O–H groups in total. The Balaban J connectivity index is 2.41. The molecular weight excluding hydrogens is 312 g/mol. The van der Waals surface area contributed by atoms with Crippen molar-refractivity contribution in [2.24, 2.45) is 5.41 Å². The molecule has 0 aliphatic heterocycles. The first-order chi connectivity index (χ1) is 11.8. The minimum absolute atomic E-state index is 0.00635. The predicted molar refractivity (Wildman–Crippen MR) is 106 cm³/mol. The van der Waals surface area contributed by atoms with Crippen molar-refractivity contribution in [1.29, 1.82) is 0 Å². The summed E-state index contributed by atoms with van der Waals surface area (Å²) in [7, 11) is 0. The fraction of sp³-hybridized carbons (Fsp3) is 0.952. The molecule has 1 fully saturated rings. The van der Waals surface area contributed by atoms with E-state index in [1.807, 2.05) is 4.90 Å². The molecule has 2 atom stereocenters. The zero-order valence-corrected chi connectivity index (χ0v) is 17.1. The van der Waals surface area contributed by atoms with Crippen molar-refractivity contribution in [3.05, 3.63) is 0 Å². The fourth-order valence-corrected chi connectivity index (χ4v) is 3.61. The van der Waals surface area contributed by atoms with Gasteiger partial charge >= 0.3 is 6.03 Å². The molecule has 2 amide bonds. The molecule has 4 heteroatoms. The second kappa shape index (κ2) is 11.8. The Morgan fingerprint density at radius 2 is 1.64 bits per heavy atom. The van der Waals surface area contributed by atoms with Crippen molar-refractivity contribution in [2.75, 3.05) is 13.1 Å². The summed E-state index contributed by atoms with van der Waals surface area (Å²) < 4.78 is 0. The quantitative estimate of drug-likeness (QED) is 0.536. The first-order valence-corrected chi connectivity index (χ1v) is 10.6. The third-order valence-electron chi connectivity index (χ3n) is 5.02. The molecule has 1 aliphatic rings. The molecular formula is C21H42N2O2. The molecule has 0 spiro atoms. The Labute approximate surface area is 155 Å². The van der Waals surface area contributed by atoms with Crippen LogP contribution in [-0.2, 0) is 0 Å². The number of rotatable bonds is 10. The second-order valence-corrected chi connectivity index (χ2v) is 9.01. The Bertz CT molecular complexity index is 365. The van der Waals surface area contributed by atoms with Gasteiger partial charge in [0.25, 0.3) is 0 Å². The van der Waals surface area contributed by atoms with Gasteiger partial charge < -0.3 is 15.3 Å². The van der Waals surface area contributed by atoms with Crippen LogP contribution < -0.4 is 5.32 Å². The Morgan fingerprint density at radius 1 is 1.04 bits per heavy atom. The van der Waals surface area contributed by atoms with E-state index in [9.17, 15) is 9.90 Å². The largest absolute Gasteiger partial charge is 0.391 e. The first kappa shape index (κ1) is 22.3. The number of urea groups is 1. The summed E-state index contributed by atoms with van der Waals surface area (Å²) in [6, 6.07) is -0.0652. The normalized spacial score (nSPS) is 21.2. The summed E-state index contributed by atoms with van der Waals surface area (Å²) in [5.41, 5.74) is 0.0870. The number of aliphatic hydroxyl groups is 1. The van der Waals surface area contributed by atoms with Crippen LogP contribution in [0.3, 0.4) is 0 Å². The van der Waals surface area contributed by atoms with Crippen LogP contribution in [0.15, 0.2) is 0 Å². The van der Waals surface area contributed by atoms with E-state index in [1.54, 1.807) is 0 Å². The molecule has 4 nitrogen and oxygen atoms in total. The van der Waals surface area contributed by atoms with Gasteiger partial charge in [-0.3, -0.25) is 0 Å². The van der Waals surface area contributed by atoms with Gasteiger partial charge in [-0.05, 0) is 24.7 Å². The molecule has 0 aromatic carbocycles. The van der Waals surface area contributed by atoms with E-state index in [-0.39, 0.29) is 23.6 Å². The summed E-state index contributed by atoms with van der Waals surface area (Å²) in [5, 5.41) is 13.2. The van der Waals surface area contributed by atoms with Crippen LogP contribution in [0.4, 0.5) is 4.79 Å². The summed E-state index contributed by atoms with van der Waals surface area (Å²) in [5.74, 6) is 0. The van der Waals surface area contributed by atoms with Gasteiger partial charge in [0.15, 0.2) is 0 Å². The number of carbonyl (C=O) groups excluding carboxylic acids is 1. The van der Waals surface area contributed by atoms with Crippen LogP contribution in [0.5, 0.6) is 0 Å². The van der Waals surface area contributed by atoms with Gasteiger partial charge in [-0.25, -0.2) is 4.79 Å². The molecule has 0 aromatic rings. The molecule has 25 heavy (non-hydrogen) atoms. The Hall–Kier alpha value is -0.770. The summed E-state index contributed by atoms with van der Waals surface area (Å²) in [4.78, 5) is 14.7. The van der Waals surface area contributed by atoms with E-state index < -0.39 is 0 Å². The second-order valence-electron chi connectivity index (χ2n) is 9.01. The number of hydrogen-bond acceptors (Lipinski definition) is 2. The first-order valence-electron chi connectivity index (χ1n) is 10.6. The molecule has 0 aromatic heterocycles. The summed E-state index contributed by atoms with van der Waals surface area (Å²) in [6.45, 7) is 10.3. The zero-order chi connectivity index (χ0) is 18.7. The van der Waals surface area contributed by atoms with Crippen LogP contribution in [-0.4, -0.2) is 41.3 Å². The number of nitrogens with one attached hydrogen (secondary N) is 1. The van der Waals surface area contributed by atoms with Gasteiger partial charge in [-0.1, -0.05) is 79.1 Å². The Kier molecular flexibility index (Phi) is 10.5. The van der Waals surface area contributed by atoms with E-state index >= 15 is 0 Å². The molecule has 1 rings (SSSR count). The maximum Gasteiger partial charge on any atom is 0.317 e.